The maximum absolute atomic E-state index is 12.6. The molecule has 2 aromatic heterocycles. The molecule has 0 unspecified atom stereocenters. The van der Waals surface area contributed by atoms with Crippen LogP contribution in [-0.4, -0.2) is 40.1 Å². The Morgan fingerprint density at radius 2 is 2.04 bits per heavy atom. The number of pyridine rings is 2. The molecule has 1 saturated heterocycles. The molecule has 0 bridgehead atoms. The number of carbonyl (C=O) groups is 1. The van der Waals surface area contributed by atoms with Crippen LogP contribution in [0.25, 0.3) is 0 Å². The zero-order chi connectivity index (χ0) is 17.8. The normalized spacial score (nSPS) is 15.2. The van der Waals surface area contributed by atoms with Crippen LogP contribution in [0.3, 0.4) is 0 Å². The molecule has 25 heavy (non-hydrogen) atoms. The third-order valence-electron chi connectivity index (χ3n) is 4.67. The summed E-state index contributed by atoms with van der Waals surface area (Å²) in [5, 5.41) is 0. The lowest BCUT2D eigenvalue weighted by atomic mass is 9.97. The van der Waals surface area contributed by atoms with Gasteiger partial charge in [0.05, 0.1) is 6.61 Å². The van der Waals surface area contributed by atoms with E-state index in [1.165, 1.54) is 4.57 Å². The number of likely N-dealkylation sites (tertiary alicyclic amines) is 1. The standard InChI is InChI=1S/C19H23N3O3/c1-14-5-3-9-20-17(14)25-13-15-7-11-22(12-8-15)19(24)16-6-4-10-21(2)18(16)23/h3-6,9-10,15H,7-8,11-13H2,1-2H3. The minimum absolute atomic E-state index is 0.180. The van der Waals surface area contributed by atoms with Gasteiger partial charge >= 0.3 is 0 Å². The van der Waals surface area contributed by atoms with Gasteiger partial charge in [-0.15, -0.1) is 0 Å². The van der Waals surface area contributed by atoms with Gasteiger partial charge < -0.3 is 14.2 Å². The van der Waals surface area contributed by atoms with Gasteiger partial charge in [0.15, 0.2) is 0 Å². The van der Waals surface area contributed by atoms with Crippen LogP contribution in [0.4, 0.5) is 0 Å². The average Bonchev–Trinajstić information content (AvgIpc) is 2.63. The first-order chi connectivity index (χ1) is 12.1. The molecule has 1 aliphatic rings. The van der Waals surface area contributed by atoms with Gasteiger partial charge in [-0.1, -0.05) is 6.07 Å². The van der Waals surface area contributed by atoms with E-state index in [0.717, 1.165) is 18.4 Å². The zero-order valence-corrected chi connectivity index (χ0v) is 14.6. The highest BCUT2D eigenvalue weighted by molar-refractivity contribution is 5.93. The summed E-state index contributed by atoms with van der Waals surface area (Å²) >= 11 is 0. The molecule has 1 fully saturated rings. The minimum Gasteiger partial charge on any atom is -0.477 e. The van der Waals surface area contributed by atoms with Gasteiger partial charge in [-0.3, -0.25) is 9.59 Å². The molecule has 6 heteroatoms. The summed E-state index contributed by atoms with van der Waals surface area (Å²) in [7, 11) is 1.66. The van der Waals surface area contributed by atoms with Gasteiger partial charge in [-0.2, -0.15) is 0 Å². The van der Waals surface area contributed by atoms with Crippen molar-refractivity contribution >= 4 is 5.91 Å². The fourth-order valence-electron chi connectivity index (χ4n) is 3.05. The van der Waals surface area contributed by atoms with Crippen LogP contribution in [0.5, 0.6) is 5.88 Å². The SMILES string of the molecule is Cc1cccnc1OCC1CCN(C(=O)c2cccn(C)c2=O)CC1. The Hall–Kier alpha value is -2.63. The molecule has 0 atom stereocenters. The van der Waals surface area contributed by atoms with Crippen LogP contribution in [0, 0.1) is 12.8 Å². The van der Waals surface area contributed by atoms with Gasteiger partial charge in [0.25, 0.3) is 11.5 Å². The molecule has 3 heterocycles. The quantitative estimate of drug-likeness (QED) is 0.853. The van der Waals surface area contributed by atoms with Crippen LogP contribution in [-0.2, 0) is 7.05 Å². The van der Waals surface area contributed by atoms with Gasteiger partial charge in [0.1, 0.15) is 5.56 Å². The number of carbonyl (C=O) groups excluding carboxylic acids is 1. The predicted octanol–water partition coefficient (Wildman–Crippen LogP) is 2.02. The molecule has 0 aliphatic carbocycles. The molecule has 3 rings (SSSR count). The second-order valence-electron chi connectivity index (χ2n) is 6.51. The first kappa shape index (κ1) is 17.2. The Morgan fingerprint density at radius 3 is 2.76 bits per heavy atom. The summed E-state index contributed by atoms with van der Waals surface area (Å²) in [5.41, 5.74) is 1.02. The molecule has 0 aromatic carbocycles. The summed E-state index contributed by atoms with van der Waals surface area (Å²) in [6, 6.07) is 7.19. The number of rotatable bonds is 4. The van der Waals surface area contributed by atoms with Crippen molar-refractivity contribution in [1.82, 2.24) is 14.5 Å². The monoisotopic (exact) mass is 341 g/mol. The van der Waals surface area contributed by atoms with Gasteiger partial charge in [-0.25, -0.2) is 4.98 Å². The lowest BCUT2D eigenvalue weighted by Crippen LogP contribution is -2.42. The van der Waals surface area contributed by atoms with Crippen LogP contribution >= 0.6 is 0 Å². The first-order valence-corrected chi connectivity index (χ1v) is 8.55. The number of hydrogen-bond donors (Lipinski definition) is 0. The van der Waals surface area contributed by atoms with E-state index in [1.54, 1.807) is 36.5 Å². The average molecular weight is 341 g/mol. The van der Waals surface area contributed by atoms with Crippen LogP contribution < -0.4 is 10.3 Å². The van der Waals surface area contributed by atoms with Crippen molar-refractivity contribution in [3.8, 4) is 5.88 Å². The number of nitrogens with zero attached hydrogens (tertiary/aromatic N) is 3. The van der Waals surface area contributed by atoms with E-state index in [9.17, 15) is 9.59 Å². The van der Waals surface area contributed by atoms with Gasteiger partial charge in [0.2, 0.25) is 5.88 Å². The fraction of sp³-hybridized carbons (Fsp3) is 0.421. The van der Waals surface area contributed by atoms with E-state index in [1.807, 2.05) is 19.1 Å². The van der Waals surface area contributed by atoms with Gasteiger partial charge in [0, 0.05) is 38.1 Å². The van der Waals surface area contributed by atoms with Crippen LogP contribution in [0.1, 0.15) is 28.8 Å². The van der Waals surface area contributed by atoms with E-state index < -0.39 is 0 Å². The van der Waals surface area contributed by atoms with Crippen LogP contribution in [0.15, 0.2) is 41.5 Å². The highest BCUT2D eigenvalue weighted by atomic mass is 16.5. The highest BCUT2D eigenvalue weighted by Crippen LogP contribution is 2.21. The van der Waals surface area contributed by atoms with Gasteiger partial charge in [-0.05, 0) is 43.9 Å². The third kappa shape index (κ3) is 3.90. The number of ether oxygens (including phenoxy) is 1. The summed E-state index contributed by atoms with van der Waals surface area (Å²) in [5.74, 6) is 0.888. The van der Waals surface area contributed by atoms with E-state index in [2.05, 4.69) is 4.98 Å². The number of aryl methyl sites for hydroxylation is 2. The summed E-state index contributed by atoms with van der Waals surface area (Å²) in [4.78, 5) is 30.7. The Morgan fingerprint density at radius 1 is 1.28 bits per heavy atom. The van der Waals surface area contributed by atoms with Crippen molar-refractivity contribution in [3.63, 3.8) is 0 Å². The Labute approximate surface area is 147 Å². The number of aromatic nitrogens is 2. The summed E-state index contributed by atoms with van der Waals surface area (Å²) < 4.78 is 7.26. The zero-order valence-electron chi connectivity index (χ0n) is 14.6. The largest absolute Gasteiger partial charge is 0.477 e. The predicted molar refractivity (Wildman–Crippen MR) is 94.8 cm³/mol. The molecule has 0 saturated carbocycles. The lowest BCUT2D eigenvalue weighted by Gasteiger charge is -2.31. The van der Waals surface area contributed by atoms with Crippen molar-refractivity contribution in [2.75, 3.05) is 19.7 Å². The molecule has 0 radical (unpaired) electrons. The first-order valence-electron chi connectivity index (χ1n) is 8.55. The van der Waals surface area contributed by atoms with Crippen LogP contribution in [0.2, 0.25) is 0 Å². The van der Waals surface area contributed by atoms with E-state index in [-0.39, 0.29) is 17.0 Å². The molecule has 1 aliphatic heterocycles. The molecule has 6 nitrogen and oxygen atoms in total. The number of piperidine rings is 1. The van der Waals surface area contributed by atoms with Crippen molar-refractivity contribution in [3.05, 3.63) is 58.1 Å². The van der Waals surface area contributed by atoms with Crippen molar-refractivity contribution in [2.24, 2.45) is 13.0 Å². The second kappa shape index (κ2) is 7.51. The molecule has 0 N–H and O–H groups in total. The highest BCUT2D eigenvalue weighted by Gasteiger charge is 2.25. The molecular formula is C19H23N3O3. The molecule has 132 valence electrons. The maximum atomic E-state index is 12.6. The molecular weight excluding hydrogens is 318 g/mol. The Kier molecular flexibility index (Phi) is 5.16. The van der Waals surface area contributed by atoms with E-state index in [0.29, 0.717) is 31.5 Å². The summed E-state index contributed by atoms with van der Waals surface area (Å²) in [6.45, 7) is 3.87. The minimum atomic E-state index is -0.247. The third-order valence-corrected chi connectivity index (χ3v) is 4.67. The number of hydrogen-bond acceptors (Lipinski definition) is 4. The van der Waals surface area contributed by atoms with Crippen molar-refractivity contribution in [1.29, 1.82) is 0 Å². The van der Waals surface area contributed by atoms with E-state index >= 15 is 0 Å². The molecule has 1 amide bonds. The molecule has 2 aromatic rings. The number of amides is 1. The Balaban J connectivity index is 1.55. The smallest absolute Gasteiger partial charge is 0.263 e. The Bertz CT molecular complexity index is 808. The lowest BCUT2D eigenvalue weighted by molar-refractivity contribution is 0.0657. The van der Waals surface area contributed by atoms with Crippen molar-refractivity contribution < 1.29 is 9.53 Å². The summed E-state index contributed by atoms with van der Waals surface area (Å²) in [6.07, 6.45) is 5.11. The molecule has 0 spiro atoms. The second-order valence-corrected chi connectivity index (χ2v) is 6.51. The van der Waals surface area contributed by atoms with E-state index in [4.69, 9.17) is 4.74 Å². The van der Waals surface area contributed by atoms with Crippen molar-refractivity contribution in [2.45, 2.75) is 19.8 Å². The topological polar surface area (TPSA) is 64.4 Å². The maximum Gasteiger partial charge on any atom is 0.263 e. The fourth-order valence-corrected chi connectivity index (χ4v) is 3.05.